The molecule has 0 saturated carbocycles. The van der Waals surface area contributed by atoms with Crippen molar-refractivity contribution in [1.29, 1.82) is 0 Å². The molecule has 2 heterocycles. The number of imide groups is 1. The van der Waals surface area contributed by atoms with Crippen molar-refractivity contribution in [2.24, 2.45) is 0 Å². The summed E-state index contributed by atoms with van der Waals surface area (Å²) in [5.74, 6) is -0.533. The van der Waals surface area contributed by atoms with Crippen LogP contribution in [0.1, 0.15) is 51.3 Å². The van der Waals surface area contributed by atoms with Gasteiger partial charge in [-0.3, -0.25) is 24.2 Å². The first-order valence-corrected chi connectivity index (χ1v) is 13.5. The average Bonchev–Trinajstić information content (AvgIpc) is 3.43. The first kappa shape index (κ1) is 30.7. The molecule has 214 valence electrons. The number of nitrogens with zero attached hydrogens (tertiary/aromatic N) is 4. The maximum Gasteiger partial charge on any atom is 0.261 e. The van der Waals surface area contributed by atoms with Gasteiger partial charge in [-0.15, -0.1) is 0 Å². The number of hydrogen-bond donors (Lipinski definition) is 0. The van der Waals surface area contributed by atoms with E-state index in [-0.39, 0.29) is 24.0 Å². The van der Waals surface area contributed by atoms with Crippen molar-refractivity contribution in [1.82, 2.24) is 19.3 Å². The third kappa shape index (κ3) is 7.44. The second-order valence-electron chi connectivity index (χ2n) is 9.74. The number of ether oxygens (including phenoxy) is 2. The lowest BCUT2D eigenvalue weighted by molar-refractivity contribution is -0.206. The molecular formula is C31H40N4O5. The summed E-state index contributed by atoms with van der Waals surface area (Å²) in [4.78, 5) is 42.7. The van der Waals surface area contributed by atoms with E-state index >= 15 is 0 Å². The second-order valence-corrected chi connectivity index (χ2v) is 9.74. The minimum atomic E-state index is -0.238. The van der Waals surface area contributed by atoms with Crippen LogP contribution in [0.3, 0.4) is 0 Å². The number of hydrogen-bond acceptors (Lipinski definition) is 7. The van der Waals surface area contributed by atoms with Crippen LogP contribution in [-0.2, 0) is 16.0 Å². The number of rotatable bonds is 12. The Morgan fingerprint density at radius 2 is 1.45 bits per heavy atom. The topological polar surface area (TPSA) is 84.3 Å². The van der Waals surface area contributed by atoms with E-state index in [9.17, 15) is 14.4 Å². The van der Waals surface area contributed by atoms with Crippen molar-refractivity contribution in [2.75, 3.05) is 47.9 Å². The van der Waals surface area contributed by atoms with Crippen LogP contribution in [0, 0.1) is 0 Å². The van der Waals surface area contributed by atoms with Gasteiger partial charge in [0.1, 0.15) is 0 Å². The van der Waals surface area contributed by atoms with Gasteiger partial charge in [0.05, 0.1) is 11.1 Å². The Labute approximate surface area is 236 Å². The highest BCUT2D eigenvalue weighted by Crippen LogP contribution is 2.25. The summed E-state index contributed by atoms with van der Waals surface area (Å²) in [7, 11) is 7.59. The Hall–Kier alpha value is -3.79. The molecule has 0 N–H and O–H groups in total. The van der Waals surface area contributed by atoms with Crippen LogP contribution < -0.4 is 0 Å². The quantitative estimate of drug-likeness (QED) is 0.143. The Morgan fingerprint density at radius 3 is 2.00 bits per heavy atom. The van der Waals surface area contributed by atoms with Crippen molar-refractivity contribution in [3.8, 4) is 0 Å². The summed E-state index contributed by atoms with van der Waals surface area (Å²) in [5.41, 5.74) is 2.54. The van der Waals surface area contributed by atoms with Gasteiger partial charge < -0.3 is 18.9 Å². The van der Waals surface area contributed by atoms with Gasteiger partial charge >= 0.3 is 0 Å². The molecule has 40 heavy (non-hydrogen) atoms. The predicted octanol–water partition coefficient (Wildman–Crippen LogP) is 4.49. The summed E-state index contributed by atoms with van der Waals surface area (Å²) in [6.07, 6.45) is 5.57. The minimum Gasteiger partial charge on any atom is -0.383 e. The van der Waals surface area contributed by atoms with Gasteiger partial charge in [-0.1, -0.05) is 30.3 Å². The molecule has 0 aliphatic carbocycles. The van der Waals surface area contributed by atoms with Crippen molar-refractivity contribution < 1.29 is 23.9 Å². The van der Waals surface area contributed by atoms with Crippen LogP contribution >= 0.6 is 0 Å². The van der Waals surface area contributed by atoms with Crippen LogP contribution in [0.5, 0.6) is 0 Å². The Morgan fingerprint density at radius 1 is 0.875 bits per heavy atom. The molecule has 1 aliphatic heterocycles. The van der Waals surface area contributed by atoms with Crippen LogP contribution in [0.15, 0.2) is 67.0 Å². The van der Waals surface area contributed by atoms with Crippen LogP contribution in [-0.4, -0.2) is 91.2 Å². The molecule has 4 rings (SSSR count). The Kier molecular flexibility index (Phi) is 11.2. The molecule has 1 aliphatic rings. The molecule has 0 bridgehead atoms. The van der Waals surface area contributed by atoms with E-state index in [2.05, 4.69) is 0 Å². The van der Waals surface area contributed by atoms with Gasteiger partial charge in [-0.25, -0.2) is 0 Å². The highest BCUT2D eigenvalue weighted by molar-refractivity contribution is 6.21. The smallest absolute Gasteiger partial charge is 0.261 e. The second kappa shape index (κ2) is 14.6. The van der Waals surface area contributed by atoms with Crippen molar-refractivity contribution in [3.05, 3.63) is 83.7 Å². The van der Waals surface area contributed by atoms with E-state index in [0.29, 0.717) is 49.4 Å². The third-order valence-electron chi connectivity index (χ3n) is 6.28. The van der Waals surface area contributed by atoms with E-state index in [1.54, 1.807) is 36.5 Å². The Balaban J connectivity index is 0.000000378. The van der Waals surface area contributed by atoms with Crippen molar-refractivity contribution >= 4 is 28.5 Å². The molecule has 0 spiro atoms. The summed E-state index contributed by atoms with van der Waals surface area (Å²) >= 11 is 0. The highest BCUT2D eigenvalue weighted by atomic mass is 16.7. The molecule has 9 heteroatoms. The lowest BCUT2D eigenvalue weighted by atomic mass is 10.1. The number of amides is 2. The normalized spacial score (nSPS) is 12.9. The molecule has 2 aromatic carbocycles. The molecule has 9 nitrogen and oxygen atoms in total. The van der Waals surface area contributed by atoms with Gasteiger partial charge in [-0.2, -0.15) is 0 Å². The maximum absolute atomic E-state index is 12.6. The summed E-state index contributed by atoms with van der Waals surface area (Å²) in [6, 6.07) is 14.7. The average molecular weight is 549 g/mol. The van der Waals surface area contributed by atoms with Crippen molar-refractivity contribution in [3.63, 3.8) is 0 Å². The van der Waals surface area contributed by atoms with Gasteiger partial charge in [0.15, 0.2) is 5.78 Å². The lowest BCUT2D eigenvalue weighted by Gasteiger charge is -2.22. The van der Waals surface area contributed by atoms with E-state index in [0.717, 1.165) is 10.9 Å². The molecule has 0 radical (unpaired) electrons. The molecule has 2 amide bonds. The minimum absolute atomic E-state index is 0.0565. The van der Waals surface area contributed by atoms with Crippen molar-refractivity contribution in [2.45, 2.75) is 33.2 Å². The SMILES string of the molecule is CCOC(OCC)N(C)C.CN(C)C=CC(=O)c1cn(CCCN2C(=O)c3ccccc3C2=O)c2ccccc12. The summed E-state index contributed by atoms with van der Waals surface area (Å²) < 4.78 is 12.5. The highest BCUT2D eigenvalue weighted by Gasteiger charge is 2.34. The number of aryl methyl sites for hydroxylation is 1. The largest absolute Gasteiger partial charge is 0.383 e. The van der Waals surface area contributed by atoms with E-state index in [1.807, 2.05) is 86.9 Å². The fourth-order valence-electron chi connectivity index (χ4n) is 4.41. The monoisotopic (exact) mass is 548 g/mol. The number of benzene rings is 2. The summed E-state index contributed by atoms with van der Waals surface area (Å²) in [5, 5.41) is 0.895. The van der Waals surface area contributed by atoms with Crippen LogP contribution in [0.2, 0.25) is 0 Å². The molecule has 0 fully saturated rings. The third-order valence-corrected chi connectivity index (χ3v) is 6.28. The van der Waals surface area contributed by atoms with Crippen LogP contribution in [0.25, 0.3) is 10.9 Å². The first-order chi connectivity index (χ1) is 19.2. The van der Waals surface area contributed by atoms with E-state index in [4.69, 9.17) is 9.47 Å². The van der Waals surface area contributed by atoms with Gasteiger partial charge in [0.2, 0.25) is 6.41 Å². The zero-order chi connectivity index (χ0) is 29.2. The number of allylic oxidation sites excluding steroid dienone is 1. The fraction of sp³-hybridized carbons (Fsp3) is 0.387. The van der Waals surface area contributed by atoms with Gasteiger partial charge in [0, 0.05) is 75.3 Å². The zero-order valence-corrected chi connectivity index (χ0v) is 24.3. The number of ketones is 1. The Bertz CT molecular complexity index is 1300. The molecule has 3 aromatic rings. The molecule has 0 saturated heterocycles. The number of carbonyl (C=O) groups excluding carboxylic acids is 3. The van der Waals surface area contributed by atoms with E-state index in [1.165, 1.54) is 4.90 Å². The zero-order valence-electron chi connectivity index (χ0n) is 24.3. The number of para-hydroxylation sites is 1. The maximum atomic E-state index is 12.6. The summed E-state index contributed by atoms with van der Waals surface area (Å²) in [6.45, 7) is 6.21. The standard InChI is InChI=1S/C24H23N3O3.C7H17NO2/c1-25(2)15-12-22(28)20-16-26(21-11-6-5-8-17(20)21)13-7-14-27-23(29)18-9-3-4-10-19(18)24(27)30;1-5-9-7(8(3)4)10-6-2/h3-6,8-12,15-16H,7,13-14H2,1-2H3;7H,5-6H2,1-4H3. The first-order valence-electron chi connectivity index (χ1n) is 13.5. The number of fused-ring (bicyclic) bond motifs is 2. The molecule has 1 aromatic heterocycles. The van der Waals surface area contributed by atoms with E-state index < -0.39 is 0 Å². The number of aromatic nitrogens is 1. The van der Waals surface area contributed by atoms with Gasteiger partial charge in [-0.05, 0) is 52.6 Å². The molecule has 0 atom stereocenters. The predicted molar refractivity (Wildman–Crippen MR) is 156 cm³/mol. The molecular weight excluding hydrogens is 508 g/mol. The number of carbonyl (C=O) groups is 3. The molecule has 0 unspecified atom stereocenters. The lowest BCUT2D eigenvalue weighted by Crippen LogP contribution is -2.33. The van der Waals surface area contributed by atoms with Gasteiger partial charge in [0.25, 0.3) is 11.8 Å². The fourth-order valence-corrected chi connectivity index (χ4v) is 4.41. The van der Waals surface area contributed by atoms with Crippen LogP contribution in [0.4, 0.5) is 0 Å².